The minimum Gasteiger partial charge on any atom is -0.384 e. The summed E-state index contributed by atoms with van der Waals surface area (Å²) in [5.74, 6) is 0.264. The molecule has 1 aromatic carbocycles. The van der Waals surface area contributed by atoms with E-state index in [-0.39, 0.29) is 16.9 Å². The number of benzene rings is 1. The number of carbonyl (C=O) groups is 2. The van der Waals surface area contributed by atoms with Crippen molar-refractivity contribution < 1.29 is 14.3 Å². The molecule has 1 aliphatic heterocycles. The second kappa shape index (κ2) is 8.40. The Morgan fingerprint density at radius 3 is 2.42 bits per heavy atom. The lowest BCUT2D eigenvalue weighted by Crippen LogP contribution is -2.52. The molecule has 2 amide bonds. The molecule has 0 spiro atoms. The Morgan fingerprint density at radius 1 is 1.21 bits per heavy atom. The third kappa shape index (κ3) is 3.83. The number of H-pyrrole nitrogens is 1. The minimum absolute atomic E-state index is 0.00693. The van der Waals surface area contributed by atoms with Crippen molar-refractivity contribution in [3.8, 4) is 0 Å². The van der Waals surface area contributed by atoms with E-state index in [1.165, 1.54) is 0 Å². The Bertz CT molecular complexity index is 1040. The summed E-state index contributed by atoms with van der Waals surface area (Å²) in [4.78, 5) is 29.0. The average Bonchev–Trinajstić information content (AvgIpc) is 3.22. The molecule has 4 rings (SSSR count). The third-order valence-corrected chi connectivity index (χ3v) is 11.5. The van der Waals surface area contributed by atoms with Crippen molar-refractivity contribution in [1.29, 1.82) is 0 Å². The topological polar surface area (TPSA) is 87.3 Å². The Balaban J connectivity index is 1.59. The number of nitrogens with zero attached hydrogens (tertiary/aromatic N) is 2. The number of hydrogen-bond acceptors (Lipinski definition) is 4. The quantitative estimate of drug-likeness (QED) is 0.581. The van der Waals surface area contributed by atoms with E-state index in [1.54, 1.807) is 7.11 Å². The van der Waals surface area contributed by atoms with Crippen molar-refractivity contribution in [2.45, 2.75) is 75.8 Å². The molecule has 1 fully saturated rings. The van der Waals surface area contributed by atoms with Crippen LogP contribution in [0.4, 0.5) is 5.82 Å². The maximum atomic E-state index is 13.7. The molecule has 1 saturated carbocycles. The third-order valence-electron chi connectivity index (χ3n) is 7.88. The molecular weight excluding hydrogens is 432 g/mol. The number of aromatic amines is 1. The van der Waals surface area contributed by atoms with E-state index >= 15 is 0 Å². The molecular formula is C25H36N4O3Si. The Morgan fingerprint density at radius 2 is 1.88 bits per heavy atom. The van der Waals surface area contributed by atoms with Gasteiger partial charge in [-0.2, -0.15) is 5.10 Å². The van der Waals surface area contributed by atoms with Gasteiger partial charge in [-0.15, -0.1) is 0 Å². The molecule has 1 aliphatic carbocycles. The number of fused-ring (bicyclic) bond motifs is 1. The predicted molar refractivity (Wildman–Crippen MR) is 132 cm³/mol. The largest absolute Gasteiger partial charge is 0.384 e. The molecule has 2 N–H and O–H groups in total. The molecule has 2 aliphatic rings. The first-order valence-corrected chi connectivity index (χ1v) is 15.3. The van der Waals surface area contributed by atoms with Crippen molar-refractivity contribution in [2.24, 2.45) is 0 Å². The van der Waals surface area contributed by atoms with E-state index in [0.717, 1.165) is 36.1 Å². The number of amides is 2. The zero-order valence-electron chi connectivity index (χ0n) is 20.6. The number of anilines is 1. The molecule has 178 valence electrons. The van der Waals surface area contributed by atoms with Crippen molar-refractivity contribution in [2.75, 3.05) is 19.0 Å². The molecule has 1 unspecified atom stereocenters. The minimum atomic E-state index is -1.70. The molecule has 7 nitrogen and oxygen atoms in total. The first-order chi connectivity index (χ1) is 15.5. The van der Waals surface area contributed by atoms with Crippen molar-refractivity contribution in [3.63, 3.8) is 0 Å². The van der Waals surface area contributed by atoms with Crippen LogP contribution in [-0.2, 0) is 26.4 Å². The second-order valence-corrected chi connectivity index (χ2v) is 16.4. The fraction of sp³-hybridized carbons (Fsp3) is 0.560. The summed E-state index contributed by atoms with van der Waals surface area (Å²) < 4.78 is 5.41. The van der Waals surface area contributed by atoms with Crippen LogP contribution in [0.2, 0.25) is 24.7 Å². The molecule has 1 atom stereocenters. The monoisotopic (exact) mass is 468 g/mol. The Labute approximate surface area is 197 Å². The van der Waals surface area contributed by atoms with Gasteiger partial charge in [0, 0.05) is 17.7 Å². The average molecular weight is 469 g/mol. The predicted octanol–water partition coefficient (Wildman–Crippen LogP) is 4.62. The Hall–Kier alpha value is -2.45. The number of rotatable bonds is 7. The van der Waals surface area contributed by atoms with Crippen LogP contribution in [0.3, 0.4) is 0 Å². The molecule has 1 aromatic heterocycles. The summed E-state index contributed by atoms with van der Waals surface area (Å²) in [6.45, 7) is 11.6. The smallest absolute Gasteiger partial charge is 0.233 e. The van der Waals surface area contributed by atoms with Crippen LogP contribution in [0.25, 0.3) is 0 Å². The van der Waals surface area contributed by atoms with Gasteiger partial charge >= 0.3 is 0 Å². The summed E-state index contributed by atoms with van der Waals surface area (Å²) in [6, 6.07) is 9.75. The van der Waals surface area contributed by atoms with Gasteiger partial charge in [0.05, 0.1) is 38.4 Å². The van der Waals surface area contributed by atoms with Crippen LogP contribution < -0.4 is 5.32 Å². The number of methoxy groups -OCH3 is 1. The Kier molecular flexibility index (Phi) is 6.03. The number of hydrogen-bond donors (Lipinski definition) is 2. The fourth-order valence-corrected chi connectivity index (χ4v) is 8.00. The van der Waals surface area contributed by atoms with E-state index in [2.05, 4.69) is 35.2 Å². The second-order valence-electron chi connectivity index (χ2n) is 11.0. The van der Waals surface area contributed by atoms with Gasteiger partial charge in [0.15, 0.2) is 5.82 Å². The zero-order valence-corrected chi connectivity index (χ0v) is 21.6. The summed E-state index contributed by atoms with van der Waals surface area (Å²) in [7, 11) is -0.0776. The lowest BCUT2D eigenvalue weighted by molar-refractivity contribution is -0.139. The highest BCUT2D eigenvalue weighted by Gasteiger charge is 2.54. The van der Waals surface area contributed by atoms with Crippen LogP contribution in [-0.4, -0.2) is 48.7 Å². The van der Waals surface area contributed by atoms with Crippen LogP contribution in [0.1, 0.15) is 55.8 Å². The molecule has 0 radical (unpaired) electrons. The molecule has 0 saturated heterocycles. The molecule has 2 heterocycles. The van der Waals surface area contributed by atoms with Crippen molar-refractivity contribution >= 4 is 25.7 Å². The van der Waals surface area contributed by atoms with Gasteiger partial charge in [-0.05, 0) is 32.3 Å². The van der Waals surface area contributed by atoms with Gasteiger partial charge in [0.2, 0.25) is 11.8 Å². The van der Waals surface area contributed by atoms with Crippen LogP contribution in [0, 0.1) is 0 Å². The first-order valence-electron chi connectivity index (χ1n) is 11.8. The van der Waals surface area contributed by atoms with E-state index in [1.807, 2.05) is 49.1 Å². The van der Waals surface area contributed by atoms with Gasteiger partial charge in [-0.3, -0.25) is 14.7 Å². The fourth-order valence-electron chi connectivity index (χ4n) is 5.40. The maximum Gasteiger partial charge on any atom is 0.233 e. The molecule has 8 heteroatoms. The van der Waals surface area contributed by atoms with Crippen LogP contribution in [0.5, 0.6) is 0 Å². The van der Waals surface area contributed by atoms with Crippen LogP contribution >= 0.6 is 0 Å². The SMILES string of the molecule is COCC(C(=O)N1Cc2c(NC(=O)C3([Si](C)(C)C)CCC3)n[nH]c2C1(C)C)c1ccccc1. The maximum absolute atomic E-state index is 13.7. The summed E-state index contributed by atoms with van der Waals surface area (Å²) in [5.41, 5.74) is 2.14. The summed E-state index contributed by atoms with van der Waals surface area (Å²) in [5, 5.41) is 10.5. The summed E-state index contributed by atoms with van der Waals surface area (Å²) in [6.07, 6.45) is 3.01. The van der Waals surface area contributed by atoms with Gasteiger partial charge in [0.25, 0.3) is 0 Å². The zero-order chi connectivity index (χ0) is 24.0. The molecule has 0 bridgehead atoms. The highest BCUT2D eigenvalue weighted by Crippen LogP contribution is 2.56. The lowest BCUT2D eigenvalue weighted by atomic mass is 9.83. The highest BCUT2D eigenvalue weighted by atomic mass is 28.3. The van der Waals surface area contributed by atoms with Crippen LogP contribution in [0.15, 0.2) is 30.3 Å². The number of ether oxygens (including phenoxy) is 1. The highest BCUT2D eigenvalue weighted by molar-refractivity contribution is 6.83. The van der Waals surface area contributed by atoms with E-state index < -0.39 is 19.5 Å². The van der Waals surface area contributed by atoms with Gasteiger partial charge < -0.3 is 15.0 Å². The first kappa shape index (κ1) is 23.7. The molecule has 2 aromatic rings. The number of nitrogens with one attached hydrogen (secondary N) is 2. The van der Waals surface area contributed by atoms with E-state index in [4.69, 9.17) is 4.74 Å². The summed E-state index contributed by atoms with van der Waals surface area (Å²) >= 11 is 0. The number of carbonyl (C=O) groups excluding carboxylic acids is 2. The standard InChI is InChI=1S/C25H36N4O3Si/c1-24(2)20-18(15-29(24)22(30)19(16-32-3)17-11-8-7-9-12-17)21(28-27-20)26-23(31)25(13-10-14-25)33(4,5)6/h7-9,11-12,19H,10,13-16H2,1-6H3,(H2,26,27,28,31). The van der Waals surface area contributed by atoms with Crippen molar-refractivity contribution in [1.82, 2.24) is 15.1 Å². The molecule has 33 heavy (non-hydrogen) atoms. The normalized spacial score (nSPS) is 19.5. The number of aromatic nitrogens is 2. The van der Waals surface area contributed by atoms with Crippen molar-refractivity contribution in [3.05, 3.63) is 47.2 Å². The van der Waals surface area contributed by atoms with Gasteiger partial charge in [0.1, 0.15) is 0 Å². The van der Waals surface area contributed by atoms with Gasteiger partial charge in [-0.1, -0.05) is 56.4 Å². The van der Waals surface area contributed by atoms with E-state index in [9.17, 15) is 9.59 Å². The lowest BCUT2D eigenvalue weighted by Gasteiger charge is -2.48. The van der Waals surface area contributed by atoms with E-state index in [0.29, 0.717) is 19.0 Å². The van der Waals surface area contributed by atoms with Gasteiger partial charge in [-0.25, -0.2) is 0 Å².